The lowest BCUT2D eigenvalue weighted by Crippen LogP contribution is -2.33. The van der Waals surface area contributed by atoms with E-state index in [0.717, 1.165) is 29.1 Å². The number of nitrogens with one attached hydrogen (secondary N) is 1. The Hall–Kier alpha value is -0.390. The van der Waals surface area contributed by atoms with Crippen molar-refractivity contribution in [3.8, 4) is 0 Å². The van der Waals surface area contributed by atoms with Crippen molar-refractivity contribution in [2.75, 3.05) is 17.8 Å². The molecule has 106 valence electrons. The van der Waals surface area contributed by atoms with Crippen LogP contribution in [0.1, 0.15) is 31.4 Å². The Morgan fingerprint density at radius 1 is 1.58 bits per heavy atom. The molecule has 0 amide bonds. The van der Waals surface area contributed by atoms with Gasteiger partial charge >= 0.3 is 0 Å². The average molecular weight is 301 g/mol. The lowest BCUT2D eigenvalue weighted by atomic mass is 10.0. The maximum atomic E-state index is 13.7. The van der Waals surface area contributed by atoms with Crippen molar-refractivity contribution in [2.24, 2.45) is 0 Å². The van der Waals surface area contributed by atoms with E-state index in [2.05, 4.69) is 12.2 Å². The van der Waals surface area contributed by atoms with Crippen LogP contribution in [0.15, 0.2) is 23.1 Å². The minimum absolute atomic E-state index is 0.115. The highest BCUT2D eigenvalue weighted by molar-refractivity contribution is 7.99. The van der Waals surface area contributed by atoms with Gasteiger partial charge in [-0.1, -0.05) is 12.1 Å². The number of thioether (sulfide) groups is 1. The van der Waals surface area contributed by atoms with Gasteiger partial charge in [-0.2, -0.15) is 0 Å². The van der Waals surface area contributed by atoms with Gasteiger partial charge in [-0.25, -0.2) is 4.39 Å². The quantitative estimate of drug-likeness (QED) is 0.906. The van der Waals surface area contributed by atoms with Crippen molar-refractivity contribution in [3.63, 3.8) is 0 Å². The first kappa shape index (κ1) is 15.0. The maximum Gasteiger partial charge on any atom is 0.137 e. The summed E-state index contributed by atoms with van der Waals surface area (Å²) in [6.07, 6.45) is 3.63. The van der Waals surface area contributed by atoms with Crippen LogP contribution in [0, 0.1) is 5.82 Å². The van der Waals surface area contributed by atoms with Crippen molar-refractivity contribution in [1.29, 1.82) is 0 Å². The van der Waals surface area contributed by atoms with Gasteiger partial charge in [0.25, 0.3) is 0 Å². The fraction of sp³-hybridized carbons (Fsp3) is 0.571. The summed E-state index contributed by atoms with van der Waals surface area (Å²) in [5.41, 5.74) is 1.07. The molecule has 1 aromatic rings. The van der Waals surface area contributed by atoms with E-state index in [1.54, 1.807) is 24.1 Å². The van der Waals surface area contributed by atoms with Crippen molar-refractivity contribution >= 4 is 22.6 Å². The lowest BCUT2D eigenvalue weighted by Gasteiger charge is -2.29. The van der Waals surface area contributed by atoms with E-state index in [0.29, 0.717) is 11.8 Å². The second-order valence-electron chi connectivity index (χ2n) is 4.98. The molecule has 1 aromatic carbocycles. The predicted octanol–water partition coefficient (Wildman–Crippen LogP) is 3.11. The van der Waals surface area contributed by atoms with E-state index in [9.17, 15) is 8.60 Å². The van der Waals surface area contributed by atoms with Crippen LogP contribution in [0.4, 0.5) is 4.39 Å². The number of halogens is 1. The summed E-state index contributed by atoms with van der Waals surface area (Å²) in [6, 6.07) is 5.83. The highest BCUT2D eigenvalue weighted by atomic mass is 32.2. The Morgan fingerprint density at radius 2 is 2.37 bits per heavy atom. The Balaban J connectivity index is 2.03. The van der Waals surface area contributed by atoms with Crippen LogP contribution >= 0.6 is 11.8 Å². The number of benzene rings is 1. The van der Waals surface area contributed by atoms with Gasteiger partial charge in [-0.15, -0.1) is 11.8 Å². The first-order valence-corrected chi connectivity index (χ1v) is 9.26. The molecule has 1 N–H and O–H groups in total. The van der Waals surface area contributed by atoms with Gasteiger partial charge < -0.3 is 5.32 Å². The molecular formula is C14H20FNOS2. The zero-order valence-corrected chi connectivity index (χ0v) is 13.0. The van der Waals surface area contributed by atoms with Crippen LogP contribution in [-0.2, 0) is 10.8 Å². The molecule has 1 heterocycles. The van der Waals surface area contributed by atoms with E-state index in [4.69, 9.17) is 0 Å². The molecule has 0 aliphatic carbocycles. The van der Waals surface area contributed by atoms with Crippen molar-refractivity contribution < 1.29 is 8.60 Å². The van der Waals surface area contributed by atoms with Gasteiger partial charge in [0, 0.05) is 39.8 Å². The van der Waals surface area contributed by atoms with Crippen LogP contribution in [0.2, 0.25) is 0 Å². The van der Waals surface area contributed by atoms with Gasteiger partial charge in [0.1, 0.15) is 5.82 Å². The molecule has 2 nitrogen and oxygen atoms in total. The third-order valence-corrected chi connectivity index (χ3v) is 5.32. The van der Waals surface area contributed by atoms with Crippen molar-refractivity contribution in [2.45, 2.75) is 36.7 Å². The summed E-state index contributed by atoms with van der Waals surface area (Å²) in [5.74, 6) is 1.54. The van der Waals surface area contributed by atoms with Gasteiger partial charge in [0.05, 0.1) is 0 Å². The van der Waals surface area contributed by atoms with Gasteiger partial charge in [-0.05, 0) is 37.1 Å². The van der Waals surface area contributed by atoms with E-state index < -0.39 is 10.8 Å². The fourth-order valence-electron chi connectivity index (χ4n) is 2.33. The highest BCUT2D eigenvalue weighted by Crippen LogP contribution is 2.37. The summed E-state index contributed by atoms with van der Waals surface area (Å²) in [4.78, 5) is 0.789. The molecule has 0 saturated carbocycles. The summed E-state index contributed by atoms with van der Waals surface area (Å²) >= 11 is 1.60. The monoisotopic (exact) mass is 301 g/mol. The van der Waals surface area contributed by atoms with E-state index in [1.165, 1.54) is 6.07 Å². The molecule has 0 bridgehead atoms. The van der Waals surface area contributed by atoms with Crippen LogP contribution in [0.25, 0.3) is 0 Å². The summed E-state index contributed by atoms with van der Waals surface area (Å²) in [6.45, 7) is 2.10. The molecule has 2 rings (SSSR count). The zero-order chi connectivity index (χ0) is 13.8. The fourth-order valence-corrected chi connectivity index (χ4v) is 4.16. The highest BCUT2D eigenvalue weighted by Gasteiger charge is 2.23. The number of fused-ring (bicyclic) bond motifs is 1. The molecule has 0 radical (unpaired) electrons. The summed E-state index contributed by atoms with van der Waals surface area (Å²) < 4.78 is 24.9. The van der Waals surface area contributed by atoms with Gasteiger partial charge in [-0.3, -0.25) is 4.21 Å². The van der Waals surface area contributed by atoms with Crippen LogP contribution in [-0.4, -0.2) is 28.0 Å². The molecule has 3 atom stereocenters. The summed E-state index contributed by atoms with van der Waals surface area (Å²) in [7, 11) is -0.746. The van der Waals surface area contributed by atoms with E-state index in [-0.39, 0.29) is 11.9 Å². The Labute approximate surface area is 121 Å². The topological polar surface area (TPSA) is 29.1 Å². The Bertz CT molecular complexity index is 467. The van der Waals surface area contributed by atoms with E-state index in [1.807, 2.05) is 6.07 Å². The Kier molecular flexibility index (Phi) is 5.42. The SMILES string of the molecule is CC(CCS(C)=O)NC1CCSc2c(F)cccc21. The third-order valence-electron chi connectivity index (χ3n) is 3.35. The first-order valence-electron chi connectivity index (χ1n) is 6.55. The largest absolute Gasteiger partial charge is 0.307 e. The van der Waals surface area contributed by atoms with Crippen LogP contribution in [0.3, 0.4) is 0 Å². The maximum absolute atomic E-state index is 13.7. The standard InChI is InChI=1S/C14H20FNOS2/c1-10(7-9-19(2)17)16-13-6-8-18-14-11(13)4-3-5-12(14)15/h3-5,10,13,16H,6-9H2,1-2H3. The molecule has 0 fully saturated rings. The normalized spacial score (nSPS) is 21.7. The molecule has 1 aliphatic heterocycles. The van der Waals surface area contributed by atoms with E-state index >= 15 is 0 Å². The third kappa shape index (κ3) is 4.04. The minimum Gasteiger partial charge on any atom is -0.307 e. The summed E-state index contributed by atoms with van der Waals surface area (Å²) in [5, 5.41) is 3.54. The molecule has 5 heteroatoms. The molecule has 0 spiro atoms. The zero-order valence-electron chi connectivity index (χ0n) is 11.3. The number of rotatable bonds is 5. The molecular weight excluding hydrogens is 281 g/mol. The smallest absolute Gasteiger partial charge is 0.137 e. The molecule has 19 heavy (non-hydrogen) atoms. The van der Waals surface area contributed by atoms with Crippen molar-refractivity contribution in [1.82, 2.24) is 5.32 Å². The van der Waals surface area contributed by atoms with Crippen molar-refractivity contribution in [3.05, 3.63) is 29.6 Å². The second kappa shape index (κ2) is 6.86. The Morgan fingerprint density at radius 3 is 3.11 bits per heavy atom. The lowest BCUT2D eigenvalue weighted by molar-refractivity contribution is 0.428. The average Bonchev–Trinajstić information content (AvgIpc) is 2.38. The second-order valence-corrected chi connectivity index (χ2v) is 7.64. The molecule has 1 aliphatic rings. The molecule has 0 aromatic heterocycles. The molecule has 0 saturated heterocycles. The molecule has 3 unspecified atom stereocenters. The first-order chi connectivity index (χ1) is 9.08. The van der Waals surface area contributed by atoms with Gasteiger partial charge in [0.2, 0.25) is 0 Å². The van der Waals surface area contributed by atoms with Crippen LogP contribution in [0.5, 0.6) is 0 Å². The van der Waals surface area contributed by atoms with Gasteiger partial charge in [0.15, 0.2) is 0 Å². The minimum atomic E-state index is -0.746. The van der Waals surface area contributed by atoms with Crippen LogP contribution < -0.4 is 5.32 Å². The number of hydrogen-bond donors (Lipinski definition) is 1. The number of hydrogen-bond acceptors (Lipinski definition) is 3. The predicted molar refractivity (Wildman–Crippen MR) is 80.6 cm³/mol.